The number of nitriles is 1. The van der Waals surface area contributed by atoms with E-state index < -0.39 is 10.8 Å². The van der Waals surface area contributed by atoms with E-state index in [1.165, 1.54) is 12.1 Å². The van der Waals surface area contributed by atoms with E-state index in [-0.39, 0.29) is 11.3 Å². The van der Waals surface area contributed by atoms with Gasteiger partial charge in [-0.1, -0.05) is 6.07 Å². The highest BCUT2D eigenvalue weighted by Crippen LogP contribution is 2.27. The third-order valence-electron chi connectivity index (χ3n) is 5.13. The Morgan fingerprint density at radius 1 is 1.16 bits per heavy atom. The van der Waals surface area contributed by atoms with Gasteiger partial charge in [0.1, 0.15) is 17.4 Å². The zero-order chi connectivity index (χ0) is 23.4. The lowest BCUT2D eigenvalue weighted by molar-refractivity contribution is -0.385. The number of nitrogens with zero attached hydrogens (tertiary/aromatic N) is 3. The van der Waals surface area contributed by atoms with Gasteiger partial charge in [0.25, 0.3) is 11.6 Å². The number of aromatic nitrogens is 1. The predicted molar refractivity (Wildman–Crippen MR) is 122 cm³/mol. The summed E-state index contributed by atoms with van der Waals surface area (Å²) in [5.74, 6) is 0.122. The van der Waals surface area contributed by atoms with Crippen molar-refractivity contribution in [1.29, 1.82) is 5.26 Å². The van der Waals surface area contributed by atoms with Gasteiger partial charge in [-0.15, -0.1) is 0 Å². The fraction of sp³-hybridized carbons (Fsp3) is 0.167. The van der Waals surface area contributed by atoms with Gasteiger partial charge in [0.15, 0.2) is 0 Å². The molecule has 0 saturated heterocycles. The highest BCUT2D eigenvalue weighted by molar-refractivity contribution is 6.09. The first-order valence-electron chi connectivity index (χ1n) is 9.76. The number of aryl methyl sites for hydroxylation is 2. The highest BCUT2D eigenvalue weighted by atomic mass is 16.6. The standard InChI is InChI=1S/C24H22N4O4/c1-15-5-8-21(13-23(15)28(30)31)27-16(2)11-18(17(27)3)12-19(14-25)24(29)26-20-6-9-22(32-4)10-7-20/h5-13H,1-4H3,(H,26,29)/b19-12-. The maximum Gasteiger partial charge on any atom is 0.274 e. The summed E-state index contributed by atoms with van der Waals surface area (Å²) in [5, 5.41) is 23.6. The van der Waals surface area contributed by atoms with E-state index in [0.717, 1.165) is 11.4 Å². The Morgan fingerprint density at radius 3 is 2.44 bits per heavy atom. The van der Waals surface area contributed by atoms with Crippen LogP contribution in [0.25, 0.3) is 11.8 Å². The van der Waals surface area contributed by atoms with E-state index >= 15 is 0 Å². The number of nitrogens with one attached hydrogen (secondary N) is 1. The second-order valence-corrected chi connectivity index (χ2v) is 7.24. The fourth-order valence-corrected chi connectivity index (χ4v) is 3.44. The lowest BCUT2D eigenvalue weighted by Gasteiger charge is -2.10. The van der Waals surface area contributed by atoms with Crippen LogP contribution in [0.2, 0.25) is 0 Å². The Morgan fingerprint density at radius 2 is 1.84 bits per heavy atom. The SMILES string of the molecule is COc1ccc(NC(=O)/C(C#N)=C\c2cc(C)n(-c3ccc(C)c([N+](=O)[O-])c3)c2C)cc1. The van der Waals surface area contributed by atoms with Crippen LogP contribution in [0.3, 0.4) is 0 Å². The van der Waals surface area contributed by atoms with Crippen molar-refractivity contribution in [2.45, 2.75) is 20.8 Å². The van der Waals surface area contributed by atoms with E-state index in [2.05, 4.69) is 5.32 Å². The molecule has 162 valence electrons. The Kier molecular flexibility index (Phi) is 6.40. The average molecular weight is 430 g/mol. The molecule has 8 nitrogen and oxygen atoms in total. The maximum absolute atomic E-state index is 12.6. The number of amides is 1. The summed E-state index contributed by atoms with van der Waals surface area (Å²) in [7, 11) is 1.55. The molecular formula is C24H22N4O4. The molecule has 1 aromatic heterocycles. The molecule has 0 aliphatic carbocycles. The third kappa shape index (κ3) is 4.52. The summed E-state index contributed by atoms with van der Waals surface area (Å²) < 4.78 is 6.95. The lowest BCUT2D eigenvalue weighted by atomic mass is 10.1. The number of carbonyl (C=O) groups is 1. The smallest absolute Gasteiger partial charge is 0.274 e. The molecule has 32 heavy (non-hydrogen) atoms. The first-order chi connectivity index (χ1) is 15.2. The van der Waals surface area contributed by atoms with Crippen LogP contribution in [0.1, 0.15) is 22.5 Å². The van der Waals surface area contributed by atoms with Crippen LogP contribution < -0.4 is 10.1 Å². The van der Waals surface area contributed by atoms with Crippen molar-refractivity contribution >= 4 is 23.4 Å². The average Bonchev–Trinajstić information content (AvgIpc) is 3.05. The molecule has 0 spiro atoms. The van der Waals surface area contributed by atoms with Gasteiger partial charge < -0.3 is 14.6 Å². The number of benzene rings is 2. The molecule has 0 atom stereocenters. The van der Waals surface area contributed by atoms with Crippen LogP contribution in [0, 0.1) is 42.2 Å². The van der Waals surface area contributed by atoms with Gasteiger partial charge in [0, 0.05) is 28.7 Å². The number of methoxy groups -OCH3 is 1. The topological polar surface area (TPSA) is 110 Å². The largest absolute Gasteiger partial charge is 0.497 e. The van der Waals surface area contributed by atoms with Crippen molar-refractivity contribution in [3.63, 3.8) is 0 Å². The van der Waals surface area contributed by atoms with Gasteiger partial charge in [-0.05, 0) is 68.8 Å². The van der Waals surface area contributed by atoms with Crippen LogP contribution >= 0.6 is 0 Å². The minimum absolute atomic E-state index is 0.0312. The molecule has 1 amide bonds. The second-order valence-electron chi connectivity index (χ2n) is 7.24. The molecule has 0 aliphatic heterocycles. The number of nitro groups is 1. The molecule has 8 heteroatoms. The molecule has 0 radical (unpaired) electrons. The summed E-state index contributed by atoms with van der Waals surface area (Å²) in [5.41, 5.74) is 3.97. The first kappa shape index (κ1) is 22.3. The van der Waals surface area contributed by atoms with Crippen molar-refractivity contribution in [3.8, 4) is 17.5 Å². The van der Waals surface area contributed by atoms with Gasteiger partial charge in [-0.25, -0.2) is 0 Å². The minimum Gasteiger partial charge on any atom is -0.497 e. The third-order valence-corrected chi connectivity index (χ3v) is 5.13. The second kappa shape index (κ2) is 9.18. The highest BCUT2D eigenvalue weighted by Gasteiger charge is 2.17. The zero-order valence-corrected chi connectivity index (χ0v) is 18.2. The Balaban J connectivity index is 1.94. The summed E-state index contributed by atoms with van der Waals surface area (Å²) in [6.45, 7) is 5.38. The number of rotatable bonds is 6. The van der Waals surface area contributed by atoms with Gasteiger partial charge >= 0.3 is 0 Å². The number of carbonyl (C=O) groups excluding carboxylic acids is 1. The van der Waals surface area contributed by atoms with Gasteiger partial charge in [0.2, 0.25) is 0 Å². The molecule has 0 bridgehead atoms. The number of hydrogen-bond donors (Lipinski definition) is 1. The normalized spacial score (nSPS) is 11.0. The van der Waals surface area contributed by atoms with E-state index in [1.807, 2.05) is 30.6 Å². The van der Waals surface area contributed by atoms with Gasteiger partial charge in [0.05, 0.1) is 17.7 Å². The quantitative estimate of drug-likeness (QED) is 0.260. The molecule has 3 rings (SSSR count). The molecular weight excluding hydrogens is 408 g/mol. The van der Waals surface area contributed by atoms with Crippen LogP contribution in [0.15, 0.2) is 54.1 Å². The molecule has 0 aliphatic rings. The number of anilines is 1. The zero-order valence-electron chi connectivity index (χ0n) is 18.2. The Labute approximate surface area is 185 Å². The van der Waals surface area contributed by atoms with Crippen molar-refractivity contribution in [1.82, 2.24) is 4.57 Å². The number of ether oxygens (including phenoxy) is 1. The number of nitro benzene ring substituents is 1. The van der Waals surface area contributed by atoms with E-state index in [4.69, 9.17) is 4.74 Å². The summed E-state index contributed by atoms with van der Waals surface area (Å²) in [6.07, 6.45) is 1.51. The van der Waals surface area contributed by atoms with Crippen molar-refractivity contribution < 1.29 is 14.5 Å². The van der Waals surface area contributed by atoms with Gasteiger partial charge in [-0.3, -0.25) is 14.9 Å². The summed E-state index contributed by atoms with van der Waals surface area (Å²) in [4.78, 5) is 23.5. The van der Waals surface area contributed by atoms with Crippen molar-refractivity contribution in [2.75, 3.05) is 12.4 Å². The predicted octanol–water partition coefficient (Wildman–Crippen LogP) is 4.87. The molecule has 0 unspecified atom stereocenters. The van der Waals surface area contributed by atoms with Crippen molar-refractivity contribution in [2.24, 2.45) is 0 Å². The van der Waals surface area contributed by atoms with Crippen LogP contribution in [0.5, 0.6) is 5.75 Å². The summed E-state index contributed by atoms with van der Waals surface area (Å²) in [6, 6.07) is 15.6. The van der Waals surface area contributed by atoms with Gasteiger partial charge in [-0.2, -0.15) is 5.26 Å². The molecule has 1 heterocycles. The molecule has 0 fully saturated rings. The summed E-state index contributed by atoms with van der Waals surface area (Å²) >= 11 is 0. The van der Waals surface area contributed by atoms with E-state index in [1.54, 1.807) is 50.4 Å². The lowest BCUT2D eigenvalue weighted by Crippen LogP contribution is -2.13. The Hall–Kier alpha value is -4.38. The van der Waals surface area contributed by atoms with E-state index in [0.29, 0.717) is 28.3 Å². The monoisotopic (exact) mass is 430 g/mol. The van der Waals surface area contributed by atoms with E-state index in [9.17, 15) is 20.2 Å². The first-order valence-corrected chi connectivity index (χ1v) is 9.76. The molecule has 2 aromatic carbocycles. The van der Waals surface area contributed by atoms with Crippen LogP contribution in [0.4, 0.5) is 11.4 Å². The Bertz CT molecular complexity index is 1260. The molecule has 1 N–H and O–H groups in total. The molecule has 3 aromatic rings. The number of hydrogen-bond acceptors (Lipinski definition) is 5. The van der Waals surface area contributed by atoms with Crippen LogP contribution in [-0.2, 0) is 4.79 Å². The van der Waals surface area contributed by atoms with Crippen molar-refractivity contribution in [3.05, 3.63) is 86.7 Å². The fourth-order valence-electron chi connectivity index (χ4n) is 3.44. The molecule has 0 saturated carbocycles. The van der Waals surface area contributed by atoms with Crippen LogP contribution in [-0.4, -0.2) is 22.5 Å². The maximum atomic E-state index is 12.6. The minimum atomic E-state index is -0.534.